The molecule has 1 heterocycles. The monoisotopic (exact) mass is 448 g/mol. The number of nitrogens with zero attached hydrogens (tertiary/aromatic N) is 2. The first-order valence-corrected chi connectivity index (χ1v) is 8.99. The Kier molecular flexibility index (Phi) is 9.18. The number of likely N-dealkylation sites (tertiary alicyclic amines) is 1. The summed E-state index contributed by atoms with van der Waals surface area (Å²) in [6, 6.07) is 0. The van der Waals surface area contributed by atoms with Crippen molar-refractivity contribution < 1.29 is 13.2 Å². The number of aliphatic imine (C=N–C) groups is 1. The van der Waals surface area contributed by atoms with Gasteiger partial charge in [-0.1, -0.05) is 0 Å². The Bertz CT molecular complexity index is 468. The van der Waals surface area contributed by atoms with Crippen molar-refractivity contribution in [2.75, 3.05) is 46.7 Å². The van der Waals surface area contributed by atoms with E-state index in [4.69, 9.17) is 4.74 Å². The number of guanidine groups is 1. The Labute approximate surface area is 151 Å². The third-order valence-electron chi connectivity index (χ3n) is 3.35. The fraction of sp³-hybridized carbons (Fsp3) is 0.923. The molecule has 1 aliphatic rings. The van der Waals surface area contributed by atoms with E-state index in [2.05, 4.69) is 19.9 Å². The summed E-state index contributed by atoms with van der Waals surface area (Å²) in [4.78, 5) is 6.46. The van der Waals surface area contributed by atoms with Crippen LogP contribution in [0.25, 0.3) is 0 Å². The van der Waals surface area contributed by atoms with Crippen LogP contribution in [-0.2, 0) is 14.8 Å². The maximum atomic E-state index is 11.3. The summed E-state index contributed by atoms with van der Waals surface area (Å²) in [5.41, 5.74) is -0.574. The van der Waals surface area contributed by atoms with E-state index in [1.807, 2.05) is 13.8 Å². The number of rotatable bonds is 6. The van der Waals surface area contributed by atoms with Gasteiger partial charge in [-0.05, 0) is 20.3 Å². The van der Waals surface area contributed by atoms with Crippen molar-refractivity contribution in [3.8, 4) is 0 Å². The summed E-state index contributed by atoms with van der Waals surface area (Å²) in [7, 11) is 0.225. The predicted molar refractivity (Wildman–Crippen MR) is 100 cm³/mol. The lowest BCUT2D eigenvalue weighted by atomic mass is 10.1. The lowest BCUT2D eigenvalue weighted by molar-refractivity contribution is 0.157. The number of hydrogen-bond donors (Lipinski definition) is 2. The molecule has 1 aliphatic heterocycles. The summed E-state index contributed by atoms with van der Waals surface area (Å²) in [6.45, 7) is 6.76. The fourth-order valence-corrected chi connectivity index (χ4v) is 3.64. The second kappa shape index (κ2) is 9.24. The fourth-order valence-electron chi connectivity index (χ4n) is 2.57. The zero-order chi connectivity index (χ0) is 16.1. The van der Waals surface area contributed by atoms with Gasteiger partial charge in [0.1, 0.15) is 0 Å². The molecule has 1 rings (SSSR count). The Morgan fingerprint density at radius 3 is 2.59 bits per heavy atom. The van der Waals surface area contributed by atoms with Crippen LogP contribution in [0.4, 0.5) is 0 Å². The third-order valence-corrected chi connectivity index (χ3v) is 4.27. The predicted octanol–water partition coefficient (Wildman–Crippen LogP) is 0.476. The SMILES string of the molecule is CN=C(NCC(C)(C)NS(C)(=O)=O)N1CCC(COC)C1.I. The standard InChI is InChI=1S/C13H28N4O3S.HI/c1-13(2,16-21(5,18)19)10-15-12(14-3)17-7-6-11(8-17)9-20-4;/h11,16H,6-10H2,1-5H3,(H,14,15);1H. The van der Waals surface area contributed by atoms with Crippen LogP contribution < -0.4 is 10.0 Å². The minimum Gasteiger partial charge on any atom is -0.384 e. The lowest BCUT2D eigenvalue weighted by Gasteiger charge is -2.29. The van der Waals surface area contributed by atoms with Crippen LogP contribution >= 0.6 is 24.0 Å². The average Bonchev–Trinajstić information content (AvgIpc) is 2.75. The van der Waals surface area contributed by atoms with Gasteiger partial charge >= 0.3 is 0 Å². The van der Waals surface area contributed by atoms with Crippen LogP contribution in [0.15, 0.2) is 4.99 Å². The van der Waals surface area contributed by atoms with Gasteiger partial charge in [-0.25, -0.2) is 13.1 Å². The molecule has 0 radical (unpaired) electrons. The van der Waals surface area contributed by atoms with Gasteiger partial charge in [0.2, 0.25) is 10.0 Å². The normalized spacial score (nSPS) is 20.0. The number of sulfonamides is 1. The molecule has 22 heavy (non-hydrogen) atoms. The molecular weight excluding hydrogens is 419 g/mol. The molecule has 0 spiro atoms. The lowest BCUT2D eigenvalue weighted by Crippen LogP contribution is -2.53. The second-order valence-electron chi connectivity index (χ2n) is 6.21. The van der Waals surface area contributed by atoms with Crippen molar-refractivity contribution in [3.05, 3.63) is 0 Å². The smallest absolute Gasteiger partial charge is 0.209 e. The van der Waals surface area contributed by atoms with E-state index in [1.54, 1.807) is 14.2 Å². The number of nitrogens with one attached hydrogen (secondary N) is 2. The molecule has 1 saturated heterocycles. The highest BCUT2D eigenvalue weighted by molar-refractivity contribution is 14.0. The van der Waals surface area contributed by atoms with Gasteiger partial charge in [0, 0.05) is 45.2 Å². The molecule has 9 heteroatoms. The Hall–Kier alpha value is -0.130. The molecule has 0 aromatic heterocycles. The van der Waals surface area contributed by atoms with Crippen LogP contribution in [0, 0.1) is 5.92 Å². The number of methoxy groups -OCH3 is 1. The van der Waals surface area contributed by atoms with E-state index in [0.717, 1.165) is 32.1 Å². The van der Waals surface area contributed by atoms with Gasteiger partial charge in [0.25, 0.3) is 0 Å². The van der Waals surface area contributed by atoms with Crippen molar-refractivity contribution in [1.82, 2.24) is 14.9 Å². The minimum atomic E-state index is -3.23. The van der Waals surface area contributed by atoms with Crippen molar-refractivity contribution in [3.63, 3.8) is 0 Å². The molecule has 1 unspecified atom stereocenters. The first-order chi connectivity index (χ1) is 9.67. The highest BCUT2D eigenvalue weighted by Crippen LogP contribution is 2.16. The number of hydrogen-bond acceptors (Lipinski definition) is 4. The summed E-state index contributed by atoms with van der Waals surface area (Å²) < 4.78 is 30.5. The molecule has 1 atom stereocenters. The molecule has 1 fully saturated rings. The first-order valence-electron chi connectivity index (χ1n) is 7.10. The topological polar surface area (TPSA) is 83.0 Å². The highest BCUT2D eigenvalue weighted by Gasteiger charge is 2.27. The molecule has 0 aliphatic carbocycles. The zero-order valence-corrected chi connectivity index (χ0v) is 17.2. The van der Waals surface area contributed by atoms with Crippen molar-refractivity contribution in [2.24, 2.45) is 10.9 Å². The van der Waals surface area contributed by atoms with Crippen LogP contribution in [0.3, 0.4) is 0 Å². The minimum absolute atomic E-state index is 0. The molecule has 0 amide bonds. The molecule has 132 valence electrons. The van der Waals surface area contributed by atoms with Gasteiger partial charge in [0.15, 0.2) is 5.96 Å². The van der Waals surface area contributed by atoms with Gasteiger partial charge in [0.05, 0.1) is 12.9 Å². The van der Waals surface area contributed by atoms with Gasteiger partial charge < -0.3 is 15.0 Å². The molecule has 0 bridgehead atoms. The molecule has 0 aromatic rings. The van der Waals surface area contributed by atoms with Crippen molar-refractivity contribution >= 4 is 40.0 Å². The number of ether oxygens (including phenoxy) is 1. The summed E-state index contributed by atoms with van der Waals surface area (Å²) in [5, 5.41) is 3.25. The quantitative estimate of drug-likeness (QED) is 0.351. The van der Waals surface area contributed by atoms with E-state index in [9.17, 15) is 8.42 Å². The zero-order valence-electron chi connectivity index (χ0n) is 14.0. The second-order valence-corrected chi connectivity index (χ2v) is 7.96. The van der Waals surface area contributed by atoms with Crippen LogP contribution in [-0.4, -0.2) is 71.5 Å². The Morgan fingerprint density at radius 2 is 2.09 bits per heavy atom. The Balaban J connectivity index is 0.00000441. The van der Waals surface area contributed by atoms with E-state index in [-0.39, 0.29) is 24.0 Å². The first kappa shape index (κ1) is 21.9. The van der Waals surface area contributed by atoms with Crippen LogP contribution in [0.1, 0.15) is 20.3 Å². The highest BCUT2D eigenvalue weighted by atomic mass is 127. The Morgan fingerprint density at radius 1 is 1.45 bits per heavy atom. The van der Waals surface area contributed by atoms with E-state index < -0.39 is 15.6 Å². The molecule has 7 nitrogen and oxygen atoms in total. The van der Waals surface area contributed by atoms with E-state index >= 15 is 0 Å². The summed E-state index contributed by atoms with van der Waals surface area (Å²) in [6.07, 6.45) is 2.25. The maximum absolute atomic E-state index is 11.3. The molecule has 2 N–H and O–H groups in total. The van der Waals surface area contributed by atoms with Crippen molar-refractivity contribution in [1.29, 1.82) is 0 Å². The van der Waals surface area contributed by atoms with Gasteiger partial charge in [-0.2, -0.15) is 0 Å². The van der Waals surface area contributed by atoms with Crippen molar-refractivity contribution in [2.45, 2.75) is 25.8 Å². The van der Waals surface area contributed by atoms with Crippen LogP contribution in [0.2, 0.25) is 0 Å². The molecular formula is C13H29IN4O3S. The van der Waals surface area contributed by atoms with Gasteiger partial charge in [-0.15, -0.1) is 24.0 Å². The maximum Gasteiger partial charge on any atom is 0.209 e. The number of halogens is 1. The summed E-state index contributed by atoms with van der Waals surface area (Å²) in [5.74, 6) is 1.33. The largest absolute Gasteiger partial charge is 0.384 e. The molecule has 0 aromatic carbocycles. The van der Waals surface area contributed by atoms with Gasteiger partial charge in [-0.3, -0.25) is 4.99 Å². The molecule has 0 saturated carbocycles. The third kappa shape index (κ3) is 7.93. The summed E-state index contributed by atoms with van der Waals surface area (Å²) >= 11 is 0. The van der Waals surface area contributed by atoms with Crippen LogP contribution in [0.5, 0.6) is 0 Å². The average molecular weight is 448 g/mol. The van der Waals surface area contributed by atoms with E-state index in [0.29, 0.717) is 12.5 Å². The van der Waals surface area contributed by atoms with E-state index in [1.165, 1.54) is 6.26 Å².